The summed E-state index contributed by atoms with van der Waals surface area (Å²) >= 11 is 7.51. The van der Waals surface area contributed by atoms with Crippen molar-refractivity contribution < 1.29 is 23.1 Å². The largest absolute Gasteiger partial charge is 0.481 e. The highest BCUT2D eigenvalue weighted by Crippen LogP contribution is 2.40. The normalized spacial score (nSPS) is 11.9. The molecule has 1 aromatic heterocycles. The van der Waals surface area contributed by atoms with E-state index in [0.29, 0.717) is 23.5 Å². The molecule has 3 aromatic rings. The number of nitrogens with one attached hydrogen (secondary N) is 1. The lowest BCUT2D eigenvalue weighted by Crippen LogP contribution is -2.17. The maximum absolute atomic E-state index is 13.0. The molecule has 142 valence electrons. The van der Waals surface area contributed by atoms with Gasteiger partial charge in [-0.15, -0.1) is 11.3 Å². The van der Waals surface area contributed by atoms with Crippen molar-refractivity contribution in [1.82, 2.24) is 5.32 Å². The molecule has 3 rings (SSSR count). The van der Waals surface area contributed by atoms with Gasteiger partial charge in [0.15, 0.2) is 0 Å². The van der Waals surface area contributed by atoms with E-state index in [9.17, 15) is 18.0 Å². The lowest BCUT2D eigenvalue weighted by Gasteiger charge is -2.09. The minimum absolute atomic E-state index is 0.0406. The molecule has 0 unspecified atom stereocenters. The van der Waals surface area contributed by atoms with E-state index in [1.807, 2.05) is 24.3 Å². The van der Waals surface area contributed by atoms with Gasteiger partial charge in [0.25, 0.3) is 0 Å². The summed E-state index contributed by atoms with van der Waals surface area (Å²) in [6, 6.07) is 10.9. The Balaban J connectivity index is 1.86. The van der Waals surface area contributed by atoms with Crippen LogP contribution >= 0.6 is 22.9 Å². The van der Waals surface area contributed by atoms with Crippen LogP contribution in [0.1, 0.15) is 17.5 Å². The molecule has 0 amide bonds. The van der Waals surface area contributed by atoms with Gasteiger partial charge in [0, 0.05) is 33.3 Å². The Labute approximate surface area is 162 Å². The fraction of sp³-hybridized carbons (Fsp3) is 0.211. The number of alkyl halides is 3. The van der Waals surface area contributed by atoms with Crippen LogP contribution in [-0.4, -0.2) is 17.6 Å². The highest BCUT2D eigenvalue weighted by Gasteiger charge is 2.31. The zero-order valence-electron chi connectivity index (χ0n) is 13.9. The molecule has 0 aliphatic carbocycles. The van der Waals surface area contributed by atoms with Gasteiger partial charge in [0.05, 0.1) is 12.0 Å². The fourth-order valence-corrected chi connectivity index (χ4v) is 4.00. The number of aliphatic carboxylic acids is 1. The van der Waals surface area contributed by atoms with Crippen LogP contribution in [0.3, 0.4) is 0 Å². The molecule has 0 fully saturated rings. The Kier molecular flexibility index (Phi) is 5.74. The number of hydrogen-bond acceptors (Lipinski definition) is 3. The van der Waals surface area contributed by atoms with Gasteiger partial charge in [-0.2, -0.15) is 13.2 Å². The van der Waals surface area contributed by atoms with Gasteiger partial charge in [-0.05, 0) is 47.3 Å². The molecule has 1 heterocycles. The van der Waals surface area contributed by atoms with Crippen molar-refractivity contribution in [3.63, 3.8) is 0 Å². The Hall–Kier alpha value is -2.09. The van der Waals surface area contributed by atoms with Gasteiger partial charge >= 0.3 is 12.1 Å². The number of carbonyl (C=O) groups is 1. The summed E-state index contributed by atoms with van der Waals surface area (Å²) in [7, 11) is 0. The summed E-state index contributed by atoms with van der Waals surface area (Å²) in [5, 5.41) is 12.9. The van der Waals surface area contributed by atoms with E-state index < -0.39 is 17.7 Å². The number of rotatable bonds is 6. The number of carboxylic acids is 1. The first-order valence-electron chi connectivity index (χ1n) is 8.06. The van der Waals surface area contributed by atoms with E-state index in [1.165, 1.54) is 17.4 Å². The number of hydrogen-bond donors (Lipinski definition) is 2. The Morgan fingerprint density at radius 1 is 1.15 bits per heavy atom. The zero-order chi connectivity index (χ0) is 19.6. The van der Waals surface area contributed by atoms with E-state index in [-0.39, 0.29) is 11.4 Å². The van der Waals surface area contributed by atoms with E-state index in [2.05, 4.69) is 5.32 Å². The summed E-state index contributed by atoms with van der Waals surface area (Å²) in [6.45, 7) is 0.876. The molecule has 0 radical (unpaired) electrons. The van der Waals surface area contributed by atoms with Crippen molar-refractivity contribution >= 4 is 39.0 Å². The molecule has 0 aliphatic rings. The first-order chi connectivity index (χ1) is 12.7. The highest BCUT2D eigenvalue weighted by molar-refractivity contribution is 7.22. The summed E-state index contributed by atoms with van der Waals surface area (Å²) in [5.74, 6) is -0.863. The van der Waals surface area contributed by atoms with E-state index >= 15 is 0 Å². The van der Waals surface area contributed by atoms with Crippen molar-refractivity contribution in [2.45, 2.75) is 19.1 Å². The van der Waals surface area contributed by atoms with Crippen LogP contribution in [0.4, 0.5) is 13.2 Å². The summed E-state index contributed by atoms with van der Waals surface area (Å²) < 4.78 is 39.9. The smallest absolute Gasteiger partial charge is 0.416 e. The lowest BCUT2D eigenvalue weighted by atomic mass is 10.1. The van der Waals surface area contributed by atoms with Crippen molar-refractivity contribution in [3.05, 3.63) is 58.6 Å². The SMILES string of the molecule is O=C(O)CCNCc1ccc2sc(-c3cc(C(F)(F)F)ccc3Cl)cc2c1. The molecule has 0 atom stereocenters. The molecule has 3 nitrogen and oxygen atoms in total. The molecule has 2 aromatic carbocycles. The molecular formula is C19H15ClF3NO2S. The monoisotopic (exact) mass is 413 g/mol. The third-order valence-corrected chi connectivity index (χ3v) is 5.46. The average molecular weight is 414 g/mol. The Morgan fingerprint density at radius 3 is 2.63 bits per heavy atom. The maximum Gasteiger partial charge on any atom is 0.416 e. The summed E-state index contributed by atoms with van der Waals surface area (Å²) in [6.07, 6.45) is -4.39. The van der Waals surface area contributed by atoms with E-state index in [4.69, 9.17) is 16.7 Å². The number of fused-ring (bicyclic) bond motifs is 1. The van der Waals surface area contributed by atoms with Crippen LogP contribution in [0.2, 0.25) is 5.02 Å². The molecule has 2 N–H and O–H groups in total. The number of thiophene rings is 1. The van der Waals surface area contributed by atoms with Crippen molar-refractivity contribution in [2.75, 3.05) is 6.54 Å². The predicted molar refractivity (Wildman–Crippen MR) is 101 cm³/mol. The van der Waals surface area contributed by atoms with Gasteiger partial charge in [0.2, 0.25) is 0 Å². The second kappa shape index (κ2) is 7.88. The molecule has 0 bridgehead atoms. The fourth-order valence-electron chi connectivity index (χ4n) is 2.65. The third-order valence-electron chi connectivity index (χ3n) is 3.98. The molecule has 27 heavy (non-hydrogen) atoms. The van der Waals surface area contributed by atoms with Gasteiger partial charge < -0.3 is 10.4 Å². The maximum atomic E-state index is 13.0. The highest BCUT2D eigenvalue weighted by atomic mass is 35.5. The van der Waals surface area contributed by atoms with Crippen LogP contribution in [0.5, 0.6) is 0 Å². The van der Waals surface area contributed by atoms with Gasteiger partial charge in [-0.25, -0.2) is 0 Å². The quantitative estimate of drug-likeness (QED) is 0.502. The van der Waals surface area contributed by atoms with Crippen molar-refractivity contribution in [2.24, 2.45) is 0 Å². The standard InChI is InChI=1S/C19H15ClF3NO2S/c20-15-3-2-13(19(21,22)23)9-14(15)17-8-12-7-11(1-4-16(12)27-17)10-24-6-5-18(25)26/h1-4,7-9,24H,5-6,10H2,(H,25,26). The van der Waals surface area contributed by atoms with Gasteiger partial charge in [0.1, 0.15) is 0 Å². The van der Waals surface area contributed by atoms with Crippen LogP contribution in [0.25, 0.3) is 20.5 Å². The zero-order valence-corrected chi connectivity index (χ0v) is 15.5. The topological polar surface area (TPSA) is 49.3 Å². The Morgan fingerprint density at radius 2 is 1.93 bits per heavy atom. The molecule has 0 spiro atoms. The van der Waals surface area contributed by atoms with Crippen molar-refractivity contribution in [3.8, 4) is 10.4 Å². The average Bonchev–Trinajstić information content (AvgIpc) is 3.01. The second-order valence-electron chi connectivity index (χ2n) is 6.00. The van der Waals surface area contributed by atoms with Gasteiger partial charge in [-0.1, -0.05) is 17.7 Å². The summed E-state index contributed by atoms with van der Waals surface area (Å²) in [5.41, 5.74) is 0.587. The Bertz CT molecular complexity index is 985. The third kappa shape index (κ3) is 4.80. The number of carboxylic acid groups (broad SMARTS) is 1. The van der Waals surface area contributed by atoms with Crippen LogP contribution in [0, 0.1) is 0 Å². The van der Waals surface area contributed by atoms with E-state index in [1.54, 1.807) is 0 Å². The van der Waals surface area contributed by atoms with Crippen molar-refractivity contribution in [1.29, 1.82) is 0 Å². The number of halogens is 4. The first kappa shape index (κ1) is 19.7. The molecule has 0 saturated carbocycles. The minimum Gasteiger partial charge on any atom is -0.481 e. The molecular weight excluding hydrogens is 399 g/mol. The molecule has 0 aliphatic heterocycles. The van der Waals surface area contributed by atoms with Crippen LogP contribution in [-0.2, 0) is 17.5 Å². The lowest BCUT2D eigenvalue weighted by molar-refractivity contribution is -0.138. The van der Waals surface area contributed by atoms with Crippen LogP contribution in [0.15, 0.2) is 42.5 Å². The van der Waals surface area contributed by atoms with E-state index in [0.717, 1.165) is 27.8 Å². The summed E-state index contributed by atoms with van der Waals surface area (Å²) in [4.78, 5) is 11.2. The number of benzene rings is 2. The van der Waals surface area contributed by atoms with Crippen LogP contribution < -0.4 is 5.32 Å². The molecule has 8 heteroatoms. The first-order valence-corrected chi connectivity index (χ1v) is 9.25. The minimum atomic E-state index is -4.43. The molecule has 0 saturated heterocycles. The predicted octanol–water partition coefficient (Wildman–Crippen LogP) is 5.80. The second-order valence-corrected chi connectivity index (χ2v) is 7.49. The van der Waals surface area contributed by atoms with Gasteiger partial charge in [-0.3, -0.25) is 4.79 Å².